The second-order valence-corrected chi connectivity index (χ2v) is 6.45. The Morgan fingerprint density at radius 3 is 2.17 bits per heavy atom. The highest BCUT2D eigenvalue weighted by atomic mass is 35.5. The lowest BCUT2D eigenvalue weighted by Gasteiger charge is -2.24. The number of carbonyl (C=O) groups is 1. The Bertz CT molecular complexity index is 706. The molecule has 1 amide bonds. The van der Waals surface area contributed by atoms with Crippen LogP contribution in [0.5, 0.6) is 0 Å². The molecule has 0 aliphatic carbocycles. The summed E-state index contributed by atoms with van der Waals surface area (Å²) in [7, 11) is 0. The zero-order valence-corrected chi connectivity index (χ0v) is 13.8. The molecule has 23 heavy (non-hydrogen) atoms. The van der Waals surface area contributed by atoms with Gasteiger partial charge < -0.3 is 5.32 Å². The van der Waals surface area contributed by atoms with Gasteiger partial charge in [-0.05, 0) is 53.0 Å². The maximum absolute atomic E-state index is 12.3. The zero-order chi connectivity index (χ0) is 17.0. The minimum absolute atomic E-state index is 0.280. The van der Waals surface area contributed by atoms with Crippen LogP contribution in [0.3, 0.4) is 0 Å². The van der Waals surface area contributed by atoms with Gasteiger partial charge >= 0.3 is 4.46 Å². The average molecular weight is 374 g/mol. The van der Waals surface area contributed by atoms with Crippen molar-refractivity contribution in [1.82, 2.24) is 5.32 Å². The molecular weight excluding hydrogens is 363 g/mol. The number of nitro groups is 1. The van der Waals surface area contributed by atoms with Gasteiger partial charge in [-0.25, -0.2) is 0 Å². The molecule has 0 aromatic heterocycles. The van der Waals surface area contributed by atoms with Gasteiger partial charge in [0.1, 0.15) is 0 Å². The van der Waals surface area contributed by atoms with E-state index in [2.05, 4.69) is 5.32 Å². The Labute approximate surface area is 147 Å². The van der Waals surface area contributed by atoms with Crippen LogP contribution < -0.4 is 5.32 Å². The number of nitrogens with zero attached hydrogens (tertiary/aromatic N) is 1. The van der Waals surface area contributed by atoms with Crippen LogP contribution in [0.1, 0.15) is 22.0 Å². The molecular formula is C15H11Cl3N2O3. The van der Waals surface area contributed by atoms with Crippen molar-refractivity contribution in [2.24, 2.45) is 0 Å². The Kier molecular flexibility index (Phi) is 5.46. The predicted octanol–water partition coefficient (Wildman–Crippen LogP) is 4.22. The molecule has 1 unspecified atom stereocenters. The molecule has 120 valence electrons. The first-order valence-electron chi connectivity index (χ1n) is 6.46. The van der Waals surface area contributed by atoms with Gasteiger partial charge in [-0.2, -0.15) is 0 Å². The fourth-order valence-corrected chi connectivity index (χ4v) is 2.42. The van der Waals surface area contributed by atoms with E-state index < -0.39 is 21.3 Å². The van der Waals surface area contributed by atoms with Crippen LogP contribution in [0.2, 0.25) is 5.02 Å². The van der Waals surface area contributed by atoms with E-state index in [9.17, 15) is 14.9 Å². The van der Waals surface area contributed by atoms with Crippen molar-refractivity contribution < 1.29 is 9.72 Å². The third kappa shape index (κ3) is 4.13. The van der Waals surface area contributed by atoms with Crippen molar-refractivity contribution in [2.75, 3.05) is 0 Å². The van der Waals surface area contributed by atoms with Gasteiger partial charge in [0.15, 0.2) is 6.04 Å². The highest BCUT2D eigenvalue weighted by molar-refractivity contribution is 6.47. The van der Waals surface area contributed by atoms with Crippen LogP contribution in [0.25, 0.3) is 0 Å². The van der Waals surface area contributed by atoms with Crippen LogP contribution in [0.4, 0.5) is 0 Å². The van der Waals surface area contributed by atoms with Gasteiger partial charge in [-0.1, -0.05) is 41.9 Å². The fraction of sp³-hybridized carbons (Fsp3) is 0.133. The van der Waals surface area contributed by atoms with E-state index in [4.69, 9.17) is 34.8 Å². The summed E-state index contributed by atoms with van der Waals surface area (Å²) >= 11 is 17.5. The molecule has 8 heteroatoms. The lowest BCUT2D eigenvalue weighted by Crippen LogP contribution is -2.43. The first-order valence-corrected chi connectivity index (χ1v) is 7.59. The van der Waals surface area contributed by atoms with E-state index in [1.807, 2.05) is 0 Å². The zero-order valence-electron chi connectivity index (χ0n) is 11.6. The molecule has 0 heterocycles. The van der Waals surface area contributed by atoms with Gasteiger partial charge in [0, 0.05) is 10.6 Å². The highest BCUT2D eigenvalue weighted by Crippen LogP contribution is 2.36. The van der Waals surface area contributed by atoms with Crippen LogP contribution in [0.15, 0.2) is 54.6 Å². The SMILES string of the molecule is O=C(NC(c1ccccc1)C(Cl)(Cl)[N+](=O)[O-])c1ccc(Cl)cc1. The minimum Gasteiger partial charge on any atom is -0.336 e. The van der Waals surface area contributed by atoms with Gasteiger partial charge in [-0.15, -0.1) is 0 Å². The molecule has 0 saturated heterocycles. The summed E-state index contributed by atoms with van der Waals surface area (Å²) in [4.78, 5) is 22.6. The summed E-state index contributed by atoms with van der Waals surface area (Å²) in [6.45, 7) is 0. The van der Waals surface area contributed by atoms with E-state index in [-0.39, 0.29) is 5.56 Å². The molecule has 1 atom stereocenters. The van der Waals surface area contributed by atoms with Crippen LogP contribution in [0, 0.1) is 10.1 Å². The quantitative estimate of drug-likeness (QED) is 0.369. The van der Waals surface area contributed by atoms with Crippen molar-refractivity contribution >= 4 is 40.7 Å². The number of hydrogen-bond acceptors (Lipinski definition) is 3. The van der Waals surface area contributed by atoms with E-state index in [0.717, 1.165) is 0 Å². The van der Waals surface area contributed by atoms with Gasteiger partial charge in [0.05, 0.1) is 4.92 Å². The van der Waals surface area contributed by atoms with E-state index >= 15 is 0 Å². The van der Waals surface area contributed by atoms with Crippen molar-refractivity contribution in [2.45, 2.75) is 10.5 Å². The average Bonchev–Trinajstić information content (AvgIpc) is 2.53. The van der Waals surface area contributed by atoms with Crippen molar-refractivity contribution in [3.63, 3.8) is 0 Å². The van der Waals surface area contributed by atoms with E-state index in [1.54, 1.807) is 30.3 Å². The topological polar surface area (TPSA) is 72.2 Å². The molecule has 0 aliphatic heterocycles. The number of carbonyl (C=O) groups excluding carboxylic acids is 1. The Morgan fingerprint density at radius 2 is 1.65 bits per heavy atom. The number of amides is 1. The lowest BCUT2D eigenvalue weighted by molar-refractivity contribution is -0.521. The Hall–Kier alpha value is -1.82. The highest BCUT2D eigenvalue weighted by Gasteiger charge is 2.49. The van der Waals surface area contributed by atoms with E-state index in [1.165, 1.54) is 24.3 Å². The molecule has 2 aromatic carbocycles. The molecule has 0 saturated carbocycles. The standard InChI is InChI=1S/C15H11Cl3N2O3/c16-12-8-6-11(7-9-12)14(21)19-13(15(17,18)20(22)23)10-4-2-1-3-5-10/h1-9,13H,(H,19,21). The van der Waals surface area contributed by atoms with Crippen molar-refractivity contribution in [3.8, 4) is 0 Å². The van der Waals surface area contributed by atoms with Gasteiger partial charge in [-0.3, -0.25) is 14.9 Å². The number of alkyl halides is 2. The summed E-state index contributed by atoms with van der Waals surface area (Å²) in [6, 6.07) is 13.1. The molecule has 2 rings (SSSR count). The maximum atomic E-state index is 12.3. The summed E-state index contributed by atoms with van der Waals surface area (Å²) in [6.07, 6.45) is 0. The number of hydrogen-bond donors (Lipinski definition) is 1. The summed E-state index contributed by atoms with van der Waals surface area (Å²) in [5.74, 6) is -0.553. The molecule has 5 nitrogen and oxygen atoms in total. The van der Waals surface area contributed by atoms with Crippen molar-refractivity contribution in [1.29, 1.82) is 0 Å². The van der Waals surface area contributed by atoms with Gasteiger partial charge in [0.2, 0.25) is 0 Å². The third-order valence-corrected chi connectivity index (χ3v) is 4.07. The van der Waals surface area contributed by atoms with Crippen LogP contribution in [-0.2, 0) is 0 Å². The Balaban J connectivity index is 2.33. The predicted molar refractivity (Wildman–Crippen MR) is 89.5 cm³/mol. The maximum Gasteiger partial charge on any atom is 0.394 e. The number of rotatable bonds is 5. The first-order chi connectivity index (χ1) is 10.8. The summed E-state index contributed by atoms with van der Waals surface area (Å²) < 4.78 is -2.41. The largest absolute Gasteiger partial charge is 0.394 e. The molecule has 0 radical (unpaired) electrons. The van der Waals surface area contributed by atoms with Crippen molar-refractivity contribution in [3.05, 3.63) is 80.9 Å². The smallest absolute Gasteiger partial charge is 0.336 e. The number of nitrogens with one attached hydrogen (secondary N) is 1. The molecule has 1 N–H and O–H groups in total. The molecule has 2 aromatic rings. The normalized spacial score (nSPS) is 12.5. The molecule has 0 aliphatic rings. The first kappa shape index (κ1) is 17.5. The lowest BCUT2D eigenvalue weighted by atomic mass is 10.1. The minimum atomic E-state index is -2.41. The summed E-state index contributed by atoms with van der Waals surface area (Å²) in [5, 5.41) is 14.1. The van der Waals surface area contributed by atoms with Crippen LogP contribution in [-0.4, -0.2) is 15.3 Å². The second kappa shape index (κ2) is 7.17. The molecule has 0 fully saturated rings. The fourth-order valence-electron chi connectivity index (χ4n) is 1.94. The van der Waals surface area contributed by atoms with Gasteiger partial charge in [0.25, 0.3) is 5.91 Å². The van der Waals surface area contributed by atoms with E-state index in [0.29, 0.717) is 10.6 Å². The third-order valence-electron chi connectivity index (χ3n) is 3.11. The summed E-state index contributed by atoms with van der Waals surface area (Å²) in [5.41, 5.74) is 0.694. The second-order valence-electron chi connectivity index (χ2n) is 4.67. The monoisotopic (exact) mass is 372 g/mol. The molecule has 0 spiro atoms. The number of benzene rings is 2. The van der Waals surface area contributed by atoms with Crippen LogP contribution >= 0.6 is 34.8 Å². The number of halogens is 3. The Morgan fingerprint density at radius 1 is 1.09 bits per heavy atom. The molecule has 0 bridgehead atoms.